The van der Waals surface area contributed by atoms with Gasteiger partial charge in [-0.05, 0) is 0 Å². The molecule has 19 heavy (non-hydrogen) atoms. The van der Waals surface area contributed by atoms with E-state index in [0.717, 1.165) is 0 Å². The largest absolute Gasteiger partial charge is 0.480 e. The Morgan fingerprint density at radius 2 is 1.79 bits per heavy atom. The van der Waals surface area contributed by atoms with Crippen LogP contribution in [0.15, 0.2) is 0 Å². The minimum Gasteiger partial charge on any atom is -0.480 e. The predicted molar refractivity (Wildman–Crippen MR) is 63.3 cm³/mol. The predicted octanol–water partition coefficient (Wildman–Crippen LogP) is -1.61. The molecule has 0 aromatic carbocycles. The monoisotopic (exact) mass is 275 g/mol. The van der Waals surface area contributed by atoms with E-state index in [1.807, 2.05) is 0 Å². The first-order chi connectivity index (χ1) is 8.86. The second-order valence-corrected chi connectivity index (χ2v) is 3.58. The molecule has 0 fully saturated rings. The number of ether oxygens (including phenoxy) is 1. The fourth-order valence-electron chi connectivity index (χ4n) is 0.990. The van der Waals surface area contributed by atoms with Crippen LogP contribution in [0, 0.1) is 0 Å². The molecule has 0 heterocycles. The number of urea groups is 1. The fourth-order valence-corrected chi connectivity index (χ4v) is 0.990. The van der Waals surface area contributed by atoms with Crippen molar-refractivity contribution in [3.63, 3.8) is 0 Å². The van der Waals surface area contributed by atoms with Gasteiger partial charge in [0.25, 0.3) is 0 Å². The summed E-state index contributed by atoms with van der Waals surface area (Å²) in [7, 11) is 2.70. The summed E-state index contributed by atoms with van der Waals surface area (Å²) in [6.07, 6.45) is 0.0473. The normalized spacial score (nSPS) is 9.37. The highest BCUT2D eigenvalue weighted by Gasteiger charge is 2.12. The Morgan fingerprint density at radius 3 is 2.32 bits per heavy atom. The van der Waals surface area contributed by atoms with Crippen LogP contribution in [0.25, 0.3) is 0 Å². The molecule has 9 nitrogen and oxygen atoms in total. The van der Waals surface area contributed by atoms with Crippen molar-refractivity contribution in [2.24, 2.45) is 0 Å². The van der Waals surface area contributed by atoms with Gasteiger partial charge in [0.15, 0.2) is 0 Å². The van der Waals surface area contributed by atoms with Crippen LogP contribution in [-0.2, 0) is 19.1 Å². The molecule has 3 amide bonds. The van der Waals surface area contributed by atoms with E-state index < -0.39 is 30.4 Å². The van der Waals surface area contributed by atoms with Gasteiger partial charge >= 0.3 is 18.0 Å². The summed E-state index contributed by atoms with van der Waals surface area (Å²) >= 11 is 0. The number of carbonyl (C=O) groups is 4. The lowest BCUT2D eigenvalue weighted by Gasteiger charge is -2.16. The number of esters is 1. The molecular weight excluding hydrogens is 258 g/mol. The number of methoxy groups -OCH3 is 1. The van der Waals surface area contributed by atoms with Gasteiger partial charge in [-0.25, -0.2) is 4.79 Å². The first-order valence-corrected chi connectivity index (χ1v) is 5.41. The number of carboxylic acid groups (broad SMARTS) is 1. The van der Waals surface area contributed by atoms with E-state index >= 15 is 0 Å². The van der Waals surface area contributed by atoms with Crippen LogP contribution < -0.4 is 10.6 Å². The lowest BCUT2D eigenvalue weighted by molar-refractivity contribution is -0.140. The Bertz CT molecular complexity index is 357. The molecule has 0 aromatic rings. The maximum atomic E-state index is 11.5. The number of nitrogens with zero attached hydrogens (tertiary/aromatic N) is 1. The van der Waals surface area contributed by atoms with Gasteiger partial charge in [0.05, 0.1) is 20.1 Å². The summed E-state index contributed by atoms with van der Waals surface area (Å²) in [5.41, 5.74) is 0. The van der Waals surface area contributed by atoms with Crippen molar-refractivity contribution in [3.05, 3.63) is 0 Å². The molecule has 9 heteroatoms. The maximum absolute atomic E-state index is 11.5. The van der Waals surface area contributed by atoms with Gasteiger partial charge in [-0.2, -0.15) is 0 Å². The Balaban J connectivity index is 3.86. The maximum Gasteiger partial charge on any atom is 0.322 e. The van der Waals surface area contributed by atoms with E-state index in [0.29, 0.717) is 0 Å². The zero-order valence-corrected chi connectivity index (χ0v) is 10.8. The van der Waals surface area contributed by atoms with Crippen LogP contribution in [-0.4, -0.2) is 67.7 Å². The highest BCUT2D eigenvalue weighted by molar-refractivity contribution is 5.86. The van der Waals surface area contributed by atoms with E-state index in [4.69, 9.17) is 5.11 Å². The molecule has 0 bridgehead atoms. The van der Waals surface area contributed by atoms with Crippen molar-refractivity contribution in [2.75, 3.05) is 33.8 Å². The Hall–Kier alpha value is -2.32. The summed E-state index contributed by atoms with van der Waals surface area (Å²) in [4.78, 5) is 44.8. The molecule has 0 aliphatic rings. The Kier molecular flexibility index (Phi) is 7.66. The molecule has 0 spiro atoms. The summed E-state index contributed by atoms with van der Waals surface area (Å²) in [5, 5.41) is 12.7. The van der Waals surface area contributed by atoms with Crippen molar-refractivity contribution >= 4 is 23.9 Å². The first-order valence-electron chi connectivity index (χ1n) is 5.41. The van der Waals surface area contributed by atoms with Gasteiger partial charge in [0, 0.05) is 13.6 Å². The van der Waals surface area contributed by atoms with Gasteiger partial charge < -0.3 is 25.4 Å². The standard InChI is InChI=1S/C10H17N3O6/c1-13(4-3-9(17)19-2)10(18)12-5-7(14)11-6-8(15)16/h3-6H2,1-2H3,(H,11,14)(H,12,18)(H,15,16). The van der Waals surface area contributed by atoms with E-state index in [1.165, 1.54) is 19.1 Å². The van der Waals surface area contributed by atoms with Crippen LogP contribution in [0.2, 0.25) is 0 Å². The van der Waals surface area contributed by atoms with E-state index in [2.05, 4.69) is 15.4 Å². The molecule has 0 aliphatic carbocycles. The van der Waals surface area contributed by atoms with Crippen LogP contribution >= 0.6 is 0 Å². The topological polar surface area (TPSA) is 125 Å². The van der Waals surface area contributed by atoms with Gasteiger partial charge in [-0.3, -0.25) is 14.4 Å². The molecule has 0 saturated heterocycles. The number of carbonyl (C=O) groups excluding carboxylic acids is 3. The van der Waals surface area contributed by atoms with Gasteiger partial charge in [-0.15, -0.1) is 0 Å². The van der Waals surface area contributed by atoms with Crippen LogP contribution in [0.5, 0.6) is 0 Å². The number of carboxylic acids is 1. The number of hydrogen-bond acceptors (Lipinski definition) is 5. The van der Waals surface area contributed by atoms with Crippen LogP contribution in [0.4, 0.5) is 4.79 Å². The van der Waals surface area contributed by atoms with Gasteiger partial charge in [0.1, 0.15) is 6.54 Å². The highest BCUT2D eigenvalue weighted by atomic mass is 16.5. The van der Waals surface area contributed by atoms with Crippen molar-refractivity contribution in [1.29, 1.82) is 0 Å². The molecule has 0 saturated carbocycles. The smallest absolute Gasteiger partial charge is 0.322 e. The summed E-state index contributed by atoms with van der Waals surface area (Å²) in [6, 6.07) is -0.547. The molecule has 0 rings (SSSR count). The molecule has 0 atom stereocenters. The molecule has 3 N–H and O–H groups in total. The summed E-state index contributed by atoms with van der Waals surface area (Å²) < 4.78 is 4.42. The van der Waals surface area contributed by atoms with Gasteiger partial charge in [0.2, 0.25) is 5.91 Å². The molecule has 0 aliphatic heterocycles. The second-order valence-electron chi connectivity index (χ2n) is 3.58. The average molecular weight is 275 g/mol. The minimum absolute atomic E-state index is 0.0473. The second kappa shape index (κ2) is 8.72. The highest BCUT2D eigenvalue weighted by Crippen LogP contribution is 1.90. The average Bonchev–Trinajstić information content (AvgIpc) is 2.38. The van der Waals surface area contributed by atoms with Crippen LogP contribution in [0.3, 0.4) is 0 Å². The third-order valence-corrected chi connectivity index (χ3v) is 2.06. The molecule has 0 radical (unpaired) electrons. The Labute approximate surface area is 109 Å². The molecule has 108 valence electrons. The van der Waals surface area contributed by atoms with Crippen molar-refractivity contribution in [1.82, 2.24) is 15.5 Å². The minimum atomic E-state index is -1.17. The first kappa shape index (κ1) is 16.7. The fraction of sp³-hybridized carbons (Fsp3) is 0.600. The third-order valence-electron chi connectivity index (χ3n) is 2.06. The Morgan fingerprint density at radius 1 is 1.16 bits per heavy atom. The number of aliphatic carboxylic acids is 1. The number of hydrogen-bond donors (Lipinski definition) is 3. The number of rotatable bonds is 7. The lowest BCUT2D eigenvalue weighted by Crippen LogP contribution is -2.44. The van der Waals surface area contributed by atoms with E-state index in [9.17, 15) is 19.2 Å². The zero-order valence-electron chi connectivity index (χ0n) is 10.8. The quantitative estimate of drug-likeness (QED) is 0.480. The molecular formula is C10H17N3O6. The van der Waals surface area contributed by atoms with Crippen molar-refractivity contribution in [3.8, 4) is 0 Å². The lowest BCUT2D eigenvalue weighted by atomic mass is 10.4. The molecule has 0 unspecified atom stereocenters. The van der Waals surface area contributed by atoms with Crippen molar-refractivity contribution in [2.45, 2.75) is 6.42 Å². The van der Waals surface area contributed by atoms with Crippen LogP contribution in [0.1, 0.15) is 6.42 Å². The number of amides is 3. The third kappa shape index (κ3) is 8.41. The number of nitrogens with one attached hydrogen (secondary N) is 2. The zero-order chi connectivity index (χ0) is 14.8. The summed E-state index contributed by atoms with van der Waals surface area (Å²) in [6.45, 7) is -0.698. The van der Waals surface area contributed by atoms with Gasteiger partial charge in [-0.1, -0.05) is 0 Å². The molecule has 0 aromatic heterocycles. The SMILES string of the molecule is COC(=O)CCN(C)C(=O)NCC(=O)NCC(=O)O. The van der Waals surface area contributed by atoms with Crippen molar-refractivity contribution < 1.29 is 29.0 Å². The summed E-state index contributed by atoms with van der Waals surface area (Å²) in [5.74, 6) is -2.23. The van der Waals surface area contributed by atoms with E-state index in [1.54, 1.807) is 0 Å². The van der Waals surface area contributed by atoms with E-state index in [-0.39, 0.29) is 19.5 Å².